The van der Waals surface area contributed by atoms with Gasteiger partial charge in [-0.05, 0) is 61.0 Å². The lowest BCUT2D eigenvalue weighted by atomic mass is 10.0. The number of H-pyrrole nitrogens is 1. The Morgan fingerprint density at radius 3 is 2.53 bits per heavy atom. The number of rotatable bonds is 5. The molecule has 0 aliphatic carbocycles. The predicted molar refractivity (Wildman–Crippen MR) is 122 cm³/mol. The van der Waals surface area contributed by atoms with E-state index in [1.54, 1.807) is 37.3 Å². The van der Waals surface area contributed by atoms with Crippen LogP contribution in [0.4, 0.5) is 10.1 Å². The number of hydrogen-bond donors (Lipinski definition) is 2. The molecular formula is C22H17ClFN3O4S. The number of halogens is 2. The molecule has 1 aromatic heterocycles. The number of ether oxygens (including phenoxy) is 1. The van der Waals surface area contributed by atoms with Crippen molar-refractivity contribution < 1.29 is 17.5 Å². The Balaban J connectivity index is 1.87. The second kappa shape index (κ2) is 8.25. The summed E-state index contributed by atoms with van der Waals surface area (Å²) in [5, 5.41) is 0.0858. The topological polar surface area (TPSA) is 101 Å². The van der Waals surface area contributed by atoms with Gasteiger partial charge in [0.15, 0.2) is 0 Å². The molecule has 0 saturated carbocycles. The normalized spacial score (nSPS) is 11.5. The van der Waals surface area contributed by atoms with Crippen LogP contribution < -0.4 is 15.0 Å². The van der Waals surface area contributed by atoms with Crippen LogP contribution in [0.3, 0.4) is 0 Å². The Kier molecular flexibility index (Phi) is 5.62. The Labute approximate surface area is 187 Å². The number of fused-ring (bicyclic) bond motifs is 1. The Hall–Kier alpha value is -3.43. The molecule has 10 heteroatoms. The lowest BCUT2D eigenvalue weighted by Gasteiger charge is -2.15. The number of aromatic amines is 1. The van der Waals surface area contributed by atoms with Crippen molar-refractivity contribution in [2.75, 3.05) is 11.0 Å². The van der Waals surface area contributed by atoms with Gasteiger partial charge in [0.1, 0.15) is 23.0 Å². The van der Waals surface area contributed by atoms with Crippen molar-refractivity contribution in [3.8, 4) is 22.6 Å². The van der Waals surface area contributed by atoms with Crippen molar-refractivity contribution in [3.05, 3.63) is 81.5 Å². The van der Waals surface area contributed by atoms with Crippen LogP contribution in [0.1, 0.15) is 5.69 Å². The minimum Gasteiger partial charge on any atom is -0.455 e. The number of aryl methyl sites for hydroxylation is 1. The average Bonchev–Trinajstić information content (AvgIpc) is 2.70. The Bertz CT molecular complexity index is 1520. The summed E-state index contributed by atoms with van der Waals surface area (Å²) in [7, 11) is -3.51. The number of benzene rings is 3. The van der Waals surface area contributed by atoms with Crippen LogP contribution in [0.25, 0.3) is 22.2 Å². The summed E-state index contributed by atoms with van der Waals surface area (Å²) in [5.74, 6) is 0.0931. The van der Waals surface area contributed by atoms with E-state index in [1.165, 1.54) is 18.2 Å². The maximum absolute atomic E-state index is 13.4. The number of anilines is 1. The van der Waals surface area contributed by atoms with Gasteiger partial charge in [0.25, 0.3) is 5.56 Å². The number of nitrogens with one attached hydrogen (secondary N) is 2. The molecular weight excluding hydrogens is 457 g/mol. The molecule has 2 N–H and O–H groups in total. The zero-order valence-corrected chi connectivity index (χ0v) is 18.5. The van der Waals surface area contributed by atoms with Gasteiger partial charge in [-0.2, -0.15) is 0 Å². The van der Waals surface area contributed by atoms with Crippen LogP contribution in [0.5, 0.6) is 11.5 Å². The molecule has 0 aliphatic rings. The first kappa shape index (κ1) is 21.8. The van der Waals surface area contributed by atoms with Gasteiger partial charge < -0.3 is 9.72 Å². The smallest absolute Gasteiger partial charge is 0.269 e. The lowest BCUT2D eigenvalue weighted by Crippen LogP contribution is -2.11. The lowest BCUT2D eigenvalue weighted by molar-refractivity contribution is 0.482. The van der Waals surface area contributed by atoms with Gasteiger partial charge in [-0.15, -0.1) is 0 Å². The molecule has 4 rings (SSSR count). The van der Waals surface area contributed by atoms with E-state index in [0.29, 0.717) is 39.3 Å². The number of nitrogens with zero attached hydrogens (tertiary/aromatic N) is 1. The van der Waals surface area contributed by atoms with Crippen molar-refractivity contribution in [1.29, 1.82) is 0 Å². The second-order valence-corrected chi connectivity index (χ2v) is 9.30. The van der Waals surface area contributed by atoms with Gasteiger partial charge >= 0.3 is 0 Å². The molecule has 0 saturated heterocycles. The molecule has 7 nitrogen and oxygen atoms in total. The highest BCUT2D eigenvalue weighted by atomic mass is 35.5. The number of sulfonamides is 1. The minimum absolute atomic E-state index is 0.0858. The largest absolute Gasteiger partial charge is 0.455 e. The fourth-order valence-corrected chi connectivity index (χ4v) is 3.90. The van der Waals surface area contributed by atoms with Crippen molar-refractivity contribution in [1.82, 2.24) is 9.97 Å². The maximum Gasteiger partial charge on any atom is 0.269 e. The van der Waals surface area contributed by atoms with E-state index >= 15 is 0 Å². The summed E-state index contributed by atoms with van der Waals surface area (Å²) in [6, 6.07) is 13.7. The van der Waals surface area contributed by atoms with Gasteiger partial charge in [-0.3, -0.25) is 9.52 Å². The van der Waals surface area contributed by atoms with E-state index < -0.39 is 15.8 Å². The molecule has 0 atom stereocenters. The number of aromatic nitrogens is 2. The van der Waals surface area contributed by atoms with Gasteiger partial charge in [-0.1, -0.05) is 17.7 Å². The Morgan fingerprint density at radius 2 is 1.81 bits per heavy atom. The van der Waals surface area contributed by atoms with E-state index in [0.717, 1.165) is 12.3 Å². The van der Waals surface area contributed by atoms with Gasteiger partial charge in [0, 0.05) is 11.3 Å². The molecule has 3 aromatic carbocycles. The third kappa shape index (κ3) is 4.74. The Morgan fingerprint density at radius 1 is 1.06 bits per heavy atom. The minimum atomic E-state index is -3.51. The molecule has 1 heterocycles. The van der Waals surface area contributed by atoms with Crippen LogP contribution in [-0.4, -0.2) is 24.6 Å². The van der Waals surface area contributed by atoms with Crippen LogP contribution in [-0.2, 0) is 10.0 Å². The predicted octanol–water partition coefficient (Wildman–Crippen LogP) is 4.85. The summed E-state index contributed by atoms with van der Waals surface area (Å²) in [6.45, 7) is 1.60. The fraction of sp³-hybridized carbons (Fsp3) is 0.0909. The summed E-state index contributed by atoms with van der Waals surface area (Å²) in [5.41, 5.74) is 2.65. The SMILES string of the molecule is Cc1nc2cc(-c3cc(NS(C)(=O)=O)ccc3Oc3ccc(F)cc3Cl)ccc2[nH]c1=O. The summed E-state index contributed by atoms with van der Waals surface area (Å²) < 4.78 is 45.2. The molecule has 4 aromatic rings. The highest BCUT2D eigenvalue weighted by Gasteiger charge is 2.14. The molecule has 0 radical (unpaired) electrons. The standard InChI is InChI=1S/C22H17ClFN3O4S/c1-12-22(28)26-18-6-3-13(9-19(18)25-12)16-11-15(27-32(2,29)30)5-8-20(16)31-21-7-4-14(24)10-17(21)23/h3-11,27H,1-2H3,(H,26,28). The van der Waals surface area contributed by atoms with Crippen LogP contribution >= 0.6 is 11.6 Å². The fourth-order valence-electron chi connectivity index (χ4n) is 3.14. The second-order valence-electron chi connectivity index (χ2n) is 7.15. The van der Waals surface area contributed by atoms with Crippen LogP contribution in [0.15, 0.2) is 59.4 Å². The van der Waals surface area contributed by atoms with Gasteiger partial charge in [0.05, 0.1) is 22.3 Å². The van der Waals surface area contributed by atoms with E-state index in [4.69, 9.17) is 16.3 Å². The van der Waals surface area contributed by atoms with E-state index in [-0.39, 0.29) is 16.3 Å². The quantitative estimate of drug-likeness (QED) is 0.431. The van der Waals surface area contributed by atoms with E-state index in [1.807, 2.05) is 0 Å². The monoisotopic (exact) mass is 473 g/mol. The summed E-state index contributed by atoms with van der Waals surface area (Å²) in [4.78, 5) is 18.9. The van der Waals surface area contributed by atoms with Gasteiger partial charge in [-0.25, -0.2) is 17.8 Å². The summed E-state index contributed by atoms with van der Waals surface area (Å²) in [6.07, 6.45) is 1.05. The molecule has 32 heavy (non-hydrogen) atoms. The average molecular weight is 474 g/mol. The highest BCUT2D eigenvalue weighted by Crippen LogP contribution is 2.38. The third-order valence-electron chi connectivity index (χ3n) is 4.57. The molecule has 0 spiro atoms. The third-order valence-corrected chi connectivity index (χ3v) is 5.47. The first-order valence-electron chi connectivity index (χ1n) is 9.35. The number of hydrogen-bond acceptors (Lipinski definition) is 5. The van der Waals surface area contributed by atoms with Crippen LogP contribution in [0.2, 0.25) is 5.02 Å². The van der Waals surface area contributed by atoms with Crippen LogP contribution in [0, 0.1) is 12.7 Å². The van der Waals surface area contributed by atoms with Crippen molar-refractivity contribution in [2.45, 2.75) is 6.92 Å². The molecule has 0 aliphatic heterocycles. The molecule has 0 amide bonds. The maximum atomic E-state index is 13.4. The van der Waals surface area contributed by atoms with Crippen molar-refractivity contribution in [2.24, 2.45) is 0 Å². The molecule has 0 unspecified atom stereocenters. The molecule has 0 bridgehead atoms. The van der Waals surface area contributed by atoms with E-state index in [2.05, 4.69) is 14.7 Å². The first-order chi connectivity index (χ1) is 15.1. The van der Waals surface area contributed by atoms with E-state index in [9.17, 15) is 17.6 Å². The molecule has 0 fully saturated rings. The molecule has 164 valence electrons. The zero-order chi connectivity index (χ0) is 23.0. The zero-order valence-electron chi connectivity index (χ0n) is 16.9. The summed E-state index contributed by atoms with van der Waals surface area (Å²) >= 11 is 6.11. The first-order valence-corrected chi connectivity index (χ1v) is 11.6. The van der Waals surface area contributed by atoms with Crippen molar-refractivity contribution >= 4 is 38.3 Å². The highest BCUT2D eigenvalue weighted by molar-refractivity contribution is 7.92. The van der Waals surface area contributed by atoms with Crippen molar-refractivity contribution in [3.63, 3.8) is 0 Å². The van der Waals surface area contributed by atoms with Gasteiger partial charge in [0.2, 0.25) is 10.0 Å².